The van der Waals surface area contributed by atoms with E-state index in [9.17, 15) is 4.79 Å². The van der Waals surface area contributed by atoms with Gasteiger partial charge in [0.15, 0.2) is 0 Å². The first kappa shape index (κ1) is 13.0. The van der Waals surface area contributed by atoms with E-state index in [1.807, 2.05) is 20.8 Å². The van der Waals surface area contributed by atoms with Crippen molar-refractivity contribution in [2.75, 3.05) is 32.7 Å². The maximum Gasteiger partial charge on any atom is 0.139 e. The lowest BCUT2D eigenvalue weighted by atomic mass is 9.89. The third kappa shape index (κ3) is 3.78. The molecule has 0 atom stereocenters. The van der Waals surface area contributed by atoms with Crippen LogP contribution in [0.3, 0.4) is 0 Å². The molecule has 1 heterocycles. The number of carbonyl (C=O) groups is 1. The van der Waals surface area contributed by atoms with Crippen molar-refractivity contribution >= 4 is 5.78 Å². The molecule has 0 radical (unpaired) electrons. The first-order chi connectivity index (χ1) is 7.97. The average molecular weight is 238 g/mol. The lowest BCUT2D eigenvalue weighted by Gasteiger charge is -2.35. The monoisotopic (exact) mass is 238 g/mol. The summed E-state index contributed by atoms with van der Waals surface area (Å²) in [6.07, 6.45) is 3.53. The van der Waals surface area contributed by atoms with Crippen molar-refractivity contribution in [2.24, 2.45) is 5.41 Å². The number of piperazine rings is 1. The molecule has 3 heteroatoms. The summed E-state index contributed by atoms with van der Waals surface area (Å²) in [6, 6.07) is 0.897. The van der Waals surface area contributed by atoms with Crippen LogP contribution in [0.1, 0.15) is 40.0 Å². The molecule has 17 heavy (non-hydrogen) atoms. The Bertz CT molecular complexity index is 270. The van der Waals surface area contributed by atoms with Crippen molar-refractivity contribution in [3.05, 3.63) is 0 Å². The van der Waals surface area contributed by atoms with Crippen molar-refractivity contribution < 1.29 is 4.79 Å². The fourth-order valence-electron chi connectivity index (χ4n) is 2.43. The molecule has 0 unspecified atom stereocenters. The van der Waals surface area contributed by atoms with Crippen molar-refractivity contribution in [1.29, 1.82) is 0 Å². The second kappa shape index (κ2) is 5.07. The van der Waals surface area contributed by atoms with Crippen molar-refractivity contribution in [3.8, 4) is 0 Å². The fourth-order valence-corrected chi connectivity index (χ4v) is 2.43. The summed E-state index contributed by atoms with van der Waals surface area (Å²) in [7, 11) is 0. The minimum atomic E-state index is -0.171. The average Bonchev–Trinajstić information content (AvgIpc) is 3.09. The van der Waals surface area contributed by atoms with Gasteiger partial charge in [-0.25, -0.2) is 0 Å². The van der Waals surface area contributed by atoms with Crippen LogP contribution in [0.2, 0.25) is 0 Å². The zero-order chi connectivity index (χ0) is 12.5. The molecule has 2 rings (SSSR count). The van der Waals surface area contributed by atoms with Gasteiger partial charge in [-0.05, 0) is 12.8 Å². The Morgan fingerprint density at radius 3 is 2.18 bits per heavy atom. The van der Waals surface area contributed by atoms with Crippen LogP contribution in [-0.4, -0.2) is 54.3 Å². The van der Waals surface area contributed by atoms with Gasteiger partial charge < -0.3 is 4.90 Å². The number of nitrogens with zero attached hydrogens (tertiary/aromatic N) is 2. The summed E-state index contributed by atoms with van der Waals surface area (Å²) >= 11 is 0. The number of Topliss-reactive ketones (excluding diaryl/α,β-unsaturated/α-hetero) is 1. The summed E-state index contributed by atoms with van der Waals surface area (Å²) in [4.78, 5) is 16.9. The first-order valence-corrected chi connectivity index (χ1v) is 6.96. The van der Waals surface area contributed by atoms with E-state index in [2.05, 4.69) is 9.80 Å². The third-order valence-corrected chi connectivity index (χ3v) is 3.96. The number of hydrogen-bond donors (Lipinski definition) is 0. The molecule has 98 valence electrons. The predicted octanol–water partition coefficient (Wildman–Crippen LogP) is 1.77. The molecule has 0 aromatic carbocycles. The van der Waals surface area contributed by atoms with Crippen molar-refractivity contribution in [1.82, 2.24) is 9.80 Å². The molecular formula is C14H26N2O. The number of ketones is 1. The molecule has 1 aliphatic carbocycles. The normalized spacial score (nSPS) is 23.9. The molecule has 0 aromatic heterocycles. The largest absolute Gasteiger partial charge is 0.300 e. The lowest BCUT2D eigenvalue weighted by molar-refractivity contribution is -0.126. The second-order valence-corrected chi connectivity index (χ2v) is 6.53. The smallest absolute Gasteiger partial charge is 0.139 e. The number of rotatable bonds is 4. The maximum absolute atomic E-state index is 11.9. The van der Waals surface area contributed by atoms with Crippen LogP contribution < -0.4 is 0 Å². The van der Waals surface area contributed by atoms with Crippen LogP contribution >= 0.6 is 0 Å². The van der Waals surface area contributed by atoms with Gasteiger partial charge in [0.05, 0.1) is 0 Å². The minimum absolute atomic E-state index is 0.171. The maximum atomic E-state index is 11.9. The van der Waals surface area contributed by atoms with Gasteiger partial charge in [0, 0.05) is 50.6 Å². The van der Waals surface area contributed by atoms with E-state index in [-0.39, 0.29) is 5.41 Å². The third-order valence-electron chi connectivity index (χ3n) is 3.96. The quantitative estimate of drug-likeness (QED) is 0.746. The van der Waals surface area contributed by atoms with E-state index in [1.165, 1.54) is 25.9 Å². The van der Waals surface area contributed by atoms with Crippen molar-refractivity contribution in [3.63, 3.8) is 0 Å². The molecule has 1 aliphatic heterocycles. The second-order valence-electron chi connectivity index (χ2n) is 6.53. The van der Waals surface area contributed by atoms with Gasteiger partial charge in [0.25, 0.3) is 0 Å². The van der Waals surface area contributed by atoms with E-state index in [0.29, 0.717) is 12.2 Å². The van der Waals surface area contributed by atoms with Crippen LogP contribution in [0, 0.1) is 5.41 Å². The minimum Gasteiger partial charge on any atom is -0.300 e. The lowest BCUT2D eigenvalue weighted by Crippen LogP contribution is -2.47. The van der Waals surface area contributed by atoms with Gasteiger partial charge in [0.2, 0.25) is 0 Å². The predicted molar refractivity (Wildman–Crippen MR) is 70.1 cm³/mol. The molecule has 0 N–H and O–H groups in total. The van der Waals surface area contributed by atoms with Gasteiger partial charge in [-0.15, -0.1) is 0 Å². The summed E-state index contributed by atoms with van der Waals surface area (Å²) in [6.45, 7) is 11.7. The molecule has 1 saturated carbocycles. The zero-order valence-corrected chi connectivity index (χ0v) is 11.5. The van der Waals surface area contributed by atoms with Crippen molar-refractivity contribution in [2.45, 2.75) is 46.1 Å². The Morgan fingerprint density at radius 1 is 1.12 bits per heavy atom. The molecule has 3 nitrogen and oxygen atoms in total. The Kier molecular flexibility index (Phi) is 3.88. The summed E-state index contributed by atoms with van der Waals surface area (Å²) < 4.78 is 0. The molecule has 0 bridgehead atoms. The first-order valence-electron chi connectivity index (χ1n) is 6.96. The highest BCUT2D eigenvalue weighted by Gasteiger charge is 2.31. The highest BCUT2D eigenvalue weighted by molar-refractivity contribution is 5.83. The van der Waals surface area contributed by atoms with Gasteiger partial charge >= 0.3 is 0 Å². The van der Waals surface area contributed by atoms with Gasteiger partial charge in [-0.1, -0.05) is 20.8 Å². The Labute approximate surface area is 105 Å². The van der Waals surface area contributed by atoms with Crippen LogP contribution in [0.15, 0.2) is 0 Å². The van der Waals surface area contributed by atoms with E-state index >= 15 is 0 Å². The molecule has 2 fully saturated rings. The van der Waals surface area contributed by atoms with Crippen LogP contribution in [0.4, 0.5) is 0 Å². The van der Waals surface area contributed by atoms with E-state index in [4.69, 9.17) is 0 Å². The molecule has 0 aromatic rings. The van der Waals surface area contributed by atoms with Gasteiger partial charge in [-0.2, -0.15) is 0 Å². The molecule has 1 saturated heterocycles. The van der Waals surface area contributed by atoms with Crippen LogP contribution in [0.25, 0.3) is 0 Å². The molecule has 0 amide bonds. The number of carbonyl (C=O) groups excluding carboxylic acids is 1. The highest BCUT2D eigenvalue weighted by Crippen LogP contribution is 2.27. The Balaban J connectivity index is 1.66. The molecule has 2 aliphatic rings. The van der Waals surface area contributed by atoms with Crippen LogP contribution in [-0.2, 0) is 4.79 Å². The van der Waals surface area contributed by atoms with E-state index < -0.39 is 0 Å². The van der Waals surface area contributed by atoms with E-state index in [1.54, 1.807) is 0 Å². The number of hydrogen-bond acceptors (Lipinski definition) is 3. The zero-order valence-electron chi connectivity index (χ0n) is 11.5. The summed E-state index contributed by atoms with van der Waals surface area (Å²) in [5.74, 6) is 0.391. The van der Waals surface area contributed by atoms with Gasteiger partial charge in [-0.3, -0.25) is 9.69 Å². The summed E-state index contributed by atoms with van der Waals surface area (Å²) in [5, 5.41) is 0. The standard InChI is InChI=1S/C14H26N2O/c1-14(2,3)13(17)6-7-15-8-10-16(11-9-15)12-4-5-12/h12H,4-11H2,1-3H3. The van der Waals surface area contributed by atoms with E-state index in [0.717, 1.165) is 25.7 Å². The Hall–Kier alpha value is -0.410. The molecular weight excluding hydrogens is 212 g/mol. The SMILES string of the molecule is CC(C)(C)C(=O)CCN1CCN(C2CC2)CC1. The topological polar surface area (TPSA) is 23.6 Å². The molecule has 0 spiro atoms. The highest BCUT2D eigenvalue weighted by atomic mass is 16.1. The Morgan fingerprint density at radius 2 is 1.71 bits per heavy atom. The van der Waals surface area contributed by atoms with Gasteiger partial charge in [0.1, 0.15) is 5.78 Å². The van der Waals surface area contributed by atoms with Crippen LogP contribution in [0.5, 0.6) is 0 Å². The fraction of sp³-hybridized carbons (Fsp3) is 0.929. The summed E-state index contributed by atoms with van der Waals surface area (Å²) in [5.41, 5.74) is -0.171.